The second kappa shape index (κ2) is 8.43. The Labute approximate surface area is 150 Å². The van der Waals surface area contributed by atoms with Crippen molar-refractivity contribution in [1.29, 1.82) is 0 Å². The van der Waals surface area contributed by atoms with Gasteiger partial charge in [0.2, 0.25) is 5.91 Å². The van der Waals surface area contributed by atoms with Crippen LogP contribution in [0, 0.1) is 0 Å². The number of rotatable bonds is 6. The molecular formula is C18H21N3O3S. The molecule has 0 saturated carbocycles. The average Bonchev–Trinajstić information content (AvgIpc) is 3.14. The second-order valence-corrected chi connectivity index (χ2v) is 6.73. The van der Waals surface area contributed by atoms with Crippen molar-refractivity contribution in [3.05, 3.63) is 57.8 Å². The number of amides is 3. The highest BCUT2D eigenvalue weighted by atomic mass is 32.1. The number of thiophene rings is 1. The molecule has 0 aliphatic rings. The second-order valence-electron chi connectivity index (χ2n) is 5.79. The van der Waals surface area contributed by atoms with Gasteiger partial charge in [0.15, 0.2) is 0 Å². The van der Waals surface area contributed by atoms with Crippen LogP contribution in [0.1, 0.15) is 32.5 Å². The van der Waals surface area contributed by atoms with E-state index in [4.69, 9.17) is 0 Å². The number of nitrogens with zero attached hydrogens (tertiary/aromatic N) is 1. The zero-order valence-corrected chi connectivity index (χ0v) is 15.2. The Morgan fingerprint density at radius 3 is 2.36 bits per heavy atom. The molecule has 25 heavy (non-hydrogen) atoms. The Morgan fingerprint density at radius 2 is 1.80 bits per heavy atom. The predicted octanol–water partition coefficient (Wildman–Crippen LogP) is 1.88. The van der Waals surface area contributed by atoms with Crippen molar-refractivity contribution in [1.82, 2.24) is 15.5 Å². The van der Waals surface area contributed by atoms with Crippen molar-refractivity contribution >= 4 is 29.1 Å². The van der Waals surface area contributed by atoms with E-state index in [1.165, 1.54) is 16.2 Å². The molecule has 1 atom stereocenters. The molecule has 0 saturated heterocycles. The normalized spacial score (nSPS) is 11.5. The first-order valence-electron chi connectivity index (χ1n) is 7.81. The molecule has 1 aromatic carbocycles. The molecule has 0 radical (unpaired) electrons. The third-order valence-electron chi connectivity index (χ3n) is 3.56. The number of carbonyl (C=O) groups excluding carboxylic acids is 3. The number of benzene rings is 1. The van der Waals surface area contributed by atoms with Gasteiger partial charge in [-0.3, -0.25) is 14.4 Å². The number of nitrogens with one attached hydrogen (secondary N) is 2. The van der Waals surface area contributed by atoms with Gasteiger partial charge in [0.25, 0.3) is 11.8 Å². The van der Waals surface area contributed by atoms with Gasteiger partial charge in [-0.2, -0.15) is 0 Å². The maximum atomic E-state index is 12.1. The van der Waals surface area contributed by atoms with Gasteiger partial charge in [-0.15, -0.1) is 11.3 Å². The lowest BCUT2D eigenvalue weighted by molar-refractivity contribution is -0.122. The van der Waals surface area contributed by atoms with Crippen molar-refractivity contribution in [2.24, 2.45) is 0 Å². The molecule has 132 valence electrons. The van der Waals surface area contributed by atoms with E-state index in [0.29, 0.717) is 17.0 Å². The van der Waals surface area contributed by atoms with Crippen molar-refractivity contribution < 1.29 is 14.4 Å². The fraction of sp³-hybridized carbons (Fsp3) is 0.278. The first-order chi connectivity index (χ1) is 11.9. The third kappa shape index (κ3) is 5.15. The van der Waals surface area contributed by atoms with Crippen LogP contribution in [-0.2, 0) is 11.3 Å². The lowest BCUT2D eigenvalue weighted by Gasteiger charge is -2.14. The number of hydrogen-bond donors (Lipinski definition) is 2. The van der Waals surface area contributed by atoms with Crippen molar-refractivity contribution in [2.75, 3.05) is 14.1 Å². The van der Waals surface area contributed by atoms with Gasteiger partial charge in [-0.05, 0) is 36.1 Å². The average molecular weight is 359 g/mol. The van der Waals surface area contributed by atoms with Gasteiger partial charge in [0, 0.05) is 26.2 Å². The summed E-state index contributed by atoms with van der Waals surface area (Å²) < 4.78 is 0. The van der Waals surface area contributed by atoms with E-state index in [9.17, 15) is 14.4 Å². The van der Waals surface area contributed by atoms with Crippen LogP contribution in [0.4, 0.5) is 0 Å². The fourth-order valence-electron chi connectivity index (χ4n) is 2.11. The summed E-state index contributed by atoms with van der Waals surface area (Å²) in [5, 5.41) is 7.25. The van der Waals surface area contributed by atoms with Gasteiger partial charge in [0.05, 0.1) is 4.88 Å². The molecule has 2 N–H and O–H groups in total. The van der Waals surface area contributed by atoms with Gasteiger partial charge in [-0.25, -0.2) is 0 Å². The number of carbonyl (C=O) groups is 3. The van der Waals surface area contributed by atoms with E-state index in [-0.39, 0.29) is 17.7 Å². The minimum atomic E-state index is -0.635. The van der Waals surface area contributed by atoms with E-state index >= 15 is 0 Å². The van der Waals surface area contributed by atoms with E-state index in [1.54, 1.807) is 57.4 Å². The molecule has 1 unspecified atom stereocenters. The quantitative estimate of drug-likeness (QED) is 0.827. The predicted molar refractivity (Wildman–Crippen MR) is 97.6 cm³/mol. The highest BCUT2D eigenvalue weighted by Gasteiger charge is 2.17. The van der Waals surface area contributed by atoms with Crippen molar-refractivity contribution in [3.8, 4) is 0 Å². The van der Waals surface area contributed by atoms with Crippen molar-refractivity contribution in [2.45, 2.75) is 19.5 Å². The smallest absolute Gasteiger partial charge is 0.261 e. The van der Waals surface area contributed by atoms with E-state index in [0.717, 1.165) is 5.56 Å². The molecule has 1 aromatic heterocycles. The molecule has 3 amide bonds. The van der Waals surface area contributed by atoms with Gasteiger partial charge in [-0.1, -0.05) is 18.2 Å². The first-order valence-corrected chi connectivity index (χ1v) is 8.69. The Balaban J connectivity index is 1.84. The Bertz CT molecular complexity index is 739. The summed E-state index contributed by atoms with van der Waals surface area (Å²) in [4.78, 5) is 37.9. The zero-order valence-electron chi connectivity index (χ0n) is 14.4. The molecule has 0 aliphatic carbocycles. The van der Waals surface area contributed by atoms with E-state index < -0.39 is 6.04 Å². The SMILES string of the molecule is CC(NC(=O)c1cccs1)C(=O)NCc1ccc(C(=O)N(C)C)cc1. The summed E-state index contributed by atoms with van der Waals surface area (Å²) in [6.07, 6.45) is 0. The summed E-state index contributed by atoms with van der Waals surface area (Å²) in [5.41, 5.74) is 1.47. The summed E-state index contributed by atoms with van der Waals surface area (Å²) in [5.74, 6) is -0.594. The Morgan fingerprint density at radius 1 is 1.12 bits per heavy atom. The lowest BCUT2D eigenvalue weighted by atomic mass is 10.1. The lowest BCUT2D eigenvalue weighted by Crippen LogP contribution is -2.44. The largest absolute Gasteiger partial charge is 0.350 e. The highest BCUT2D eigenvalue weighted by Crippen LogP contribution is 2.08. The molecule has 2 aromatic rings. The molecule has 6 nitrogen and oxygen atoms in total. The molecule has 2 rings (SSSR count). The number of hydrogen-bond acceptors (Lipinski definition) is 4. The van der Waals surface area contributed by atoms with Gasteiger partial charge < -0.3 is 15.5 Å². The minimum Gasteiger partial charge on any atom is -0.350 e. The van der Waals surface area contributed by atoms with Crippen LogP contribution < -0.4 is 10.6 Å². The molecule has 1 heterocycles. The van der Waals surface area contributed by atoms with Crippen molar-refractivity contribution in [3.63, 3.8) is 0 Å². The Kier molecular flexibility index (Phi) is 6.30. The van der Waals surface area contributed by atoms with Crippen LogP contribution in [0.15, 0.2) is 41.8 Å². The molecular weight excluding hydrogens is 338 g/mol. The minimum absolute atomic E-state index is 0.0690. The topological polar surface area (TPSA) is 78.5 Å². The maximum Gasteiger partial charge on any atom is 0.261 e. The molecule has 0 bridgehead atoms. The van der Waals surface area contributed by atoms with Crippen LogP contribution in [0.25, 0.3) is 0 Å². The fourth-order valence-corrected chi connectivity index (χ4v) is 2.73. The van der Waals surface area contributed by atoms with Gasteiger partial charge in [0.1, 0.15) is 6.04 Å². The summed E-state index contributed by atoms with van der Waals surface area (Å²) in [6.45, 7) is 1.97. The van der Waals surface area contributed by atoms with Crippen LogP contribution >= 0.6 is 11.3 Å². The zero-order chi connectivity index (χ0) is 18.4. The highest BCUT2D eigenvalue weighted by molar-refractivity contribution is 7.12. The summed E-state index contributed by atoms with van der Waals surface area (Å²) >= 11 is 1.33. The third-order valence-corrected chi connectivity index (χ3v) is 4.43. The molecule has 0 spiro atoms. The van der Waals surface area contributed by atoms with Crippen LogP contribution in [0.2, 0.25) is 0 Å². The van der Waals surface area contributed by atoms with Crippen LogP contribution in [0.5, 0.6) is 0 Å². The molecule has 7 heteroatoms. The van der Waals surface area contributed by atoms with E-state index in [2.05, 4.69) is 10.6 Å². The molecule has 0 fully saturated rings. The monoisotopic (exact) mass is 359 g/mol. The summed E-state index contributed by atoms with van der Waals surface area (Å²) in [7, 11) is 3.39. The maximum absolute atomic E-state index is 12.1. The van der Waals surface area contributed by atoms with Crippen LogP contribution in [-0.4, -0.2) is 42.8 Å². The van der Waals surface area contributed by atoms with Gasteiger partial charge >= 0.3 is 0 Å². The summed E-state index contributed by atoms with van der Waals surface area (Å²) in [6, 6.07) is 9.91. The first kappa shape index (κ1) is 18.7. The van der Waals surface area contributed by atoms with E-state index in [1.807, 2.05) is 5.38 Å². The Hall–Kier alpha value is -2.67. The standard InChI is InChI=1S/C18H21N3O3S/c1-12(20-17(23)15-5-4-10-25-15)16(22)19-11-13-6-8-14(9-7-13)18(24)21(2)3/h4-10,12H,11H2,1-3H3,(H,19,22)(H,20,23). The van der Waals surface area contributed by atoms with Crippen LogP contribution in [0.3, 0.4) is 0 Å². The molecule has 0 aliphatic heterocycles.